The van der Waals surface area contributed by atoms with Crippen molar-refractivity contribution in [2.75, 3.05) is 6.61 Å². The van der Waals surface area contributed by atoms with Crippen molar-refractivity contribution in [2.45, 2.75) is 58.8 Å². The molecule has 0 aromatic heterocycles. The molecule has 0 spiro atoms. The summed E-state index contributed by atoms with van der Waals surface area (Å²) >= 11 is 0. The van der Waals surface area contributed by atoms with Crippen molar-refractivity contribution >= 4 is 0 Å². The van der Waals surface area contributed by atoms with Gasteiger partial charge in [-0.15, -0.1) is 6.58 Å². The average molecular weight is 329 g/mol. The minimum atomic E-state index is 0.333. The zero-order valence-electron chi connectivity index (χ0n) is 15.7. The molecule has 8 unspecified atom stereocenters. The number of hydrogen-bond donors (Lipinski definition) is 1. The third-order valence-electron chi connectivity index (χ3n) is 8.15. The molecule has 0 heterocycles. The molecule has 1 heteroatoms. The van der Waals surface area contributed by atoms with Crippen molar-refractivity contribution in [1.82, 2.24) is 0 Å². The number of rotatable bonds is 6. The third kappa shape index (κ3) is 3.02. The van der Waals surface area contributed by atoms with E-state index in [1.54, 1.807) is 5.57 Å². The molecule has 4 saturated carbocycles. The Hall–Kier alpha value is -0.560. The van der Waals surface area contributed by atoms with Crippen LogP contribution in [0.15, 0.2) is 24.3 Å². The summed E-state index contributed by atoms with van der Waals surface area (Å²) < 4.78 is 0. The van der Waals surface area contributed by atoms with Crippen LogP contribution in [0.4, 0.5) is 0 Å². The Morgan fingerprint density at radius 2 is 2.04 bits per heavy atom. The molecule has 4 rings (SSSR count). The van der Waals surface area contributed by atoms with Crippen LogP contribution in [-0.2, 0) is 0 Å². The standard InChI is InChI=1S/C23H36O/c1-4-18-8-17(10-21(18)13-24)9-19-11-20-12-22(19)15(3)23(20)14(2)7-16-5-6-16/h4,9,14-18,20-24H,1,5-8,10-13H2,2-3H3/b19-9+. The second-order valence-corrected chi connectivity index (χ2v) is 9.71. The Labute approximate surface area is 148 Å². The summed E-state index contributed by atoms with van der Waals surface area (Å²) in [4.78, 5) is 0. The summed E-state index contributed by atoms with van der Waals surface area (Å²) in [5.41, 5.74) is 1.79. The number of aliphatic hydroxyl groups excluding tert-OH is 1. The van der Waals surface area contributed by atoms with Crippen LogP contribution in [0.2, 0.25) is 0 Å². The first-order chi connectivity index (χ1) is 11.6. The van der Waals surface area contributed by atoms with Crippen molar-refractivity contribution in [3.8, 4) is 0 Å². The van der Waals surface area contributed by atoms with Gasteiger partial charge in [0.1, 0.15) is 0 Å². The predicted molar refractivity (Wildman–Crippen MR) is 100 cm³/mol. The van der Waals surface area contributed by atoms with E-state index < -0.39 is 0 Å². The van der Waals surface area contributed by atoms with Crippen molar-refractivity contribution in [2.24, 2.45) is 53.3 Å². The molecule has 1 nitrogen and oxygen atoms in total. The van der Waals surface area contributed by atoms with E-state index in [1.807, 2.05) is 0 Å². The highest BCUT2D eigenvalue weighted by molar-refractivity contribution is 5.22. The molecular weight excluding hydrogens is 292 g/mol. The van der Waals surface area contributed by atoms with Crippen LogP contribution in [0, 0.1) is 53.3 Å². The van der Waals surface area contributed by atoms with E-state index in [2.05, 4.69) is 32.6 Å². The highest BCUT2D eigenvalue weighted by Crippen LogP contribution is 2.59. The molecule has 0 aromatic carbocycles. The zero-order valence-corrected chi connectivity index (χ0v) is 15.7. The lowest BCUT2D eigenvalue weighted by molar-refractivity contribution is 0.182. The van der Waals surface area contributed by atoms with Gasteiger partial charge < -0.3 is 5.11 Å². The van der Waals surface area contributed by atoms with Gasteiger partial charge in [0.15, 0.2) is 0 Å². The van der Waals surface area contributed by atoms with E-state index in [0.29, 0.717) is 24.4 Å². The Kier molecular flexibility index (Phi) is 4.67. The van der Waals surface area contributed by atoms with E-state index in [-0.39, 0.29) is 0 Å². The van der Waals surface area contributed by atoms with E-state index in [9.17, 15) is 5.11 Å². The molecule has 0 saturated heterocycles. The smallest absolute Gasteiger partial charge is 0.0465 e. The number of hydrogen-bond acceptors (Lipinski definition) is 1. The van der Waals surface area contributed by atoms with Crippen molar-refractivity contribution < 1.29 is 5.11 Å². The van der Waals surface area contributed by atoms with Gasteiger partial charge in [0.2, 0.25) is 0 Å². The quantitative estimate of drug-likeness (QED) is 0.642. The molecule has 0 radical (unpaired) electrons. The lowest BCUT2D eigenvalue weighted by Crippen LogP contribution is -2.27. The molecule has 1 N–H and O–H groups in total. The third-order valence-corrected chi connectivity index (χ3v) is 8.15. The highest BCUT2D eigenvalue weighted by Gasteiger charge is 2.50. The molecule has 0 aliphatic heterocycles. The lowest BCUT2D eigenvalue weighted by atomic mass is 9.70. The van der Waals surface area contributed by atoms with Gasteiger partial charge in [-0.25, -0.2) is 0 Å². The Bertz CT molecular complexity index is 500. The van der Waals surface area contributed by atoms with Crippen LogP contribution in [-0.4, -0.2) is 11.7 Å². The number of fused-ring (bicyclic) bond motifs is 2. The topological polar surface area (TPSA) is 20.2 Å². The monoisotopic (exact) mass is 328 g/mol. The second-order valence-electron chi connectivity index (χ2n) is 9.71. The first-order valence-corrected chi connectivity index (χ1v) is 10.5. The van der Waals surface area contributed by atoms with Crippen LogP contribution in [0.1, 0.15) is 58.8 Å². The first kappa shape index (κ1) is 16.9. The molecule has 4 aliphatic rings. The molecule has 0 aromatic rings. The lowest BCUT2D eigenvalue weighted by Gasteiger charge is -2.35. The van der Waals surface area contributed by atoms with Gasteiger partial charge in [0.25, 0.3) is 0 Å². The SMILES string of the molecule is C=CC1CC(/C=C2\CC3CC2C(C)C3C(C)CC2CC2)CC1CO. The number of aliphatic hydroxyl groups is 1. The maximum Gasteiger partial charge on any atom is 0.0465 e. The van der Waals surface area contributed by atoms with E-state index in [4.69, 9.17) is 0 Å². The van der Waals surface area contributed by atoms with Crippen LogP contribution in [0.5, 0.6) is 0 Å². The summed E-state index contributed by atoms with van der Waals surface area (Å²) in [6, 6.07) is 0. The van der Waals surface area contributed by atoms with Crippen molar-refractivity contribution in [3.63, 3.8) is 0 Å². The van der Waals surface area contributed by atoms with E-state index >= 15 is 0 Å². The molecule has 134 valence electrons. The minimum Gasteiger partial charge on any atom is -0.396 e. The molecule has 4 fully saturated rings. The maximum absolute atomic E-state index is 9.60. The average Bonchev–Trinajstić information content (AvgIpc) is 3.03. The molecule has 0 amide bonds. The van der Waals surface area contributed by atoms with Gasteiger partial charge >= 0.3 is 0 Å². The fourth-order valence-electron chi connectivity index (χ4n) is 6.91. The normalized spacial score (nSPS) is 47.5. The van der Waals surface area contributed by atoms with Gasteiger partial charge in [-0.05, 0) is 85.4 Å². The van der Waals surface area contributed by atoms with Gasteiger partial charge in [-0.2, -0.15) is 0 Å². The Morgan fingerprint density at radius 3 is 2.62 bits per heavy atom. The molecule has 8 atom stereocenters. The van der Waals surface area contributed by atoms with Crippen molar-refractivity contribution in [1.29, 1.82) is 0 Å². The summed E-state index contributed by atoms with van der Waals surface area (Å²) in [5, 5.41) is 9.60. The van der Waals surface area contributed by atoms with Gasteiger partial charge in [0, 0.05) is 6.61 Å². The van der Waals surface area contributed by atoms with E-state index in [1.165, 1.54) is 44.9 Å². The predicted octanol–water partition coefficient (Wildman–Crippen LogP) is 5.46. The Morgan fingerprint density at radius 1 is 1.25 bits per heavy atom. The van der Waals surface area contributed by atoms with Crippen LogP contribution in [0.25, 0.3) is 0 Å². The van der Waals surface area contributed by atoms with Gasteiger partial charge in [-0.3, -0.25) is 0 Å². The molecule has 24 heavy (non-hydrogen) atoms. The van der Waals surface area contributed by atoms with Crippen molar-refractivity contribution in [3.05, 3.63) is 24.3 Å². The fourth-order valence-corrected chi connectivity index (χ4v) is 6.91. The fraction of sp³-hybridized carbons (Fsp3) is 0.826. The molecule has 2 bridgehead atoms. The van der Waals surface area contributed by atoms with Gasteiger partial charge in [-0.1, -0.05) is 44.4 Å². The summed E-state index contributed by atoms with van der Waals surface area (Å²) in [7, 11) is 0. The zero-order chi connectivity index (χ0) is 16.8. The molecular formula is C23H36O. The highest BCUT2D eigenvalue weighted by atomic mass is 16.3. The minimum absolute atomic E-state index is 0.333. The van der Waals surface area contributed by atoms with Gasteiger partial charge in [0.05, 0.1) is 0 Å². The largest absolute Gasteiger partial charge is 0.396 e. The summed E-state index contributed by atoms with van der Waals surface area (Å²) in [5.74, 6) is 7.41. The van der Waals surface area contributed by atoms with E-state index in [0.717, 1.165) is 35.5 Å². The number of allylic oxidation sites excluding steroid dienone is 3. The van der Waals surface area contributed by atoms with Crippen LogP contribution in [0.3, 0.4) is 0 Å². The second kappa shape index (κ2) is 6.63. The Balaban J connectivity index is 1.40. The summed E-state index contributed by atoms with van der Waals surface area (Å²) in [6.45, 7) is 9.40. The summed E-state index contributed by atoms with van der Waals surface area (Å²) in [6.07, 6.45) is 14.5. The van der Waals surface area contributed by atoms with Crippen LogP contribution < -0.4 is 0 Å². The molecule has 4 aliphatic carbocycles. The maximum atomic E-state index is 9.60. The first-order valence-electron chi connectivity index (χ1n) is 10.5. The van der Waals surface area contributed by atoms with Crippen LogP contribution >= 0.6 is 0 Å².